The van der Waals surface area contributed by atoms with Crippen LogP contribution in [0, 0.1) is 11.6 Å². The molecule has 0 aliphatic carbocycles. The van der Waals surface area contributed by atoms with Crippen molar-refractivity contribution in [2.45, 2.75) is 39.8 Å². The van der Waals surface area contributed by atoms with E-state index in [4.69, 9.17) is 0 Å². The van der Waals surface area contributed by atoms with Gasteiger partial charge in [0, 0.05) is 0 Å². The van der Waals surface area contributed by atoms with Crippen molar-refractivity contribution in [1.29, 1.82) is 0 Å². The van der Waals surface area contributed by atoms with E-state index in [1.165, 1.54) is 6.16 Å². The summed E-state index contributed by atoms with van der Waals surface area (Å²) in [4.78, 5) is 0. The summed E-state index contributed by atoms with van der Waals surface area (Å²) in [6, 6.07) is 0. The average molecular weight is 156 g/mol. The molecule has 0 saturated carbocycles. The lowest BCUT2D eigenvalue weighted by molar-refractivity contribution is 0.788. The molecule has 0 bridgehead atoms. The minimum Gasteiger partial charge on any atom is -0.102 e. The first kappa shape index (κ1) is 9.99. The normalized spacial score (nSPS) is 13.7. The second kappa shape index (κ2) is 3.99. The first-order chi connectivity index (χ1) is 4.52. The van der Waals surface area contributed by atoms with E-state index in [1.807, 2.05) is 6.92 Å². The fraction of sp³-hybridized carbons (Fsp3) is 0.778. The molecule has 0 nitrogen and oxygen atoms in total. The molecule has 0 amide bonds. The molecule has 0 heterocycles. The third-order valence-corrected chi connectivity index (χ3v) is 4.12. The molecular formula is C9H17P. The van der Waals surface area contributed by atoms with Gasteiger partial charge in [-0.15, -0.1) is 5.92 Å². The van der Waals surface area contributed by atoms with Crippen molar-refractivity contribution in [3.8, 4) is 11.6 Å². The van der Waals surface area contributed by atoms with Crippen LogP contribution in [0.2, 0.25) is 0 Å². The predicted molar refractivity (Wildman–Crippen MR) is 50.7 cm³/mol. The van der Waals surface area contributed by atoms with E-state index in [0.717, 1.165) is 0 Å². The Morgan fingerprint density at radius 2 is 1.80 bits per heavy atom. The topological polar surface area (TPSA) is 0 Å². The van der Waals surface area contributed by atoms with Crippen LogP contribution in [0.4, 0.5) is 0 Å². The van der Waals surface area contributed by atoms with Gasteiger partial charge in [0.1, 0.15) is 0 Å². The van der Waals surface area contributed by atoms with Gasteiger partial charge < -0.3 is 0 Å². The zero-order valence-corrected chi connectivity index (χ0v) is 8.55. The summed E-state index contributed by atoms with van der Waals surface area (Å²) in [5.74, 6) is 3.00. The fourth-order valence-corrected chi connectivity index (χ4v) is 2.57. The van der Waals surface area contributed by atoms with Gasteiger partial charge in [-0.3, -0.25) is 0 Å². The summed E-state index contributed by atoms with van der Waals surface area (Å²) in [5.41, 5.74) is 3.29. The lowest BCUT2D eigenvalue weighted by Gasteiger charge is -2.24. The summed E-state index contributed by atoms with van der Waals surface area (Å²) in [6.07, 6.45) is 1.22. The number of hydrogen-bond donors (Lipinski definition) is 0. The number of hydrogen-bond acceptors (Lipinski definition) is 0. The molecule has 0 rings (SSSR count). The largest absolute Gasteiger partial charge is 0.102 e. The summed E-state index contributed by atoms with van der Waals surface area (Å²) < 4.78 is 0. The van der Waals surface area contributed by atoms with Crippen LogP contribution in [-0.2, 0) is 0 Å². The summed E-state index contributed by atoms with van der Waals surface area (Å²) in [6.45, 7) is 11.0. The zero-order valence-electron chi connectivity index (χ0n) is 7.65. The van der Waals surface area contributed by atoms with E-state index in [2.05, 4.69) is 39.3 Å². The first-order valence-electron chi connectivity index (χ1n) is 3.72. The molecular weight excluding hydrogens is 139 g/mol. The summed E-state index contributed by atoms with van der Waals surface area (Å²) >= 11 is 0. The molecule has 1 heteroatoms. The standard InChI is InChI=1S/C9H17P/c1-6-8-10(7-2)9(3,4)5/h7H2,1-5H3. The van der Waals surface area contributed by atoms with Crippen molar-refractivity contribution >= 4 is 7.92 Å². The SMILES string of the molecule is CC#CP(CC)C(C)(C)C. The van der Waals surface area contributed by atoms with E-state index in [0.29, 0.717) is 5.16 Å². The lowest BCUT2D eigenvalue weighted by Crippen LogP contribution is -2.11. The lowest BCUT2D eigenvalue weighted by atomic mass is 10.3. The average Bonchev–Trinajstić information content (AvgIpc) is 1.80. The maximum Gasteiger partial charge on any atom is -0.00236 e. The van der Waals surface area contributed by atoms with Crippen LogP contribution in [-0.4, -0.2) is 11.3 Å². The predicted octanol–water partition coefficient (Wildman–Crippen LogP) is 3.27. The summed E-state index contributed by atoms with van der Waals surface area (Å²) in [7, 11) is -0.0607. The van der Waals surface area contributed by atoms with Crippen molar-refractivity contribution in [2.24, 2.45) is 0 Å². The Labute approximate surface area is 66.2 Å². The maximum atomic E-state index is 3.29. The molecule has 0 N–H and O–H groups in total. The highest BCUT2D eigenvalue weighted by Crippen LogP contribution is 2.47. The quantitative estimate of drug-likeness (QED) is 0.403. The molecule has 0 saturated heterocycles. The van der Waals surface area contributed by atoms with Gasteiger partial charge in [0.2, 0.25) is 0 Å². The van der Waals surface area contributed by atoms with E-state index < -0.39 is 0 Å². The third kappa shape index (κ3) is 3.23. The van der Waals surface area contributed by atoms with Gasteiger partial charge in [0.25, 0.3) is 0 Å². The molecule has 0 spiro atoms. The molecule has 0 radical (unpaired) electrons. The van der Waals surface area contributed by atoms with Crippen LogP contribution in [0.5, 0.6) is 0 Å². The van der Waals surface area contributed by atoms with E-state index in [1.54, 1.807) is 0 Å². The van der Waals surface area contributed by atoms with E-state index >= 15 is 0 Å². The van der Waals surface area contributed by atoms with Gasteiger partial charge >= 0.3 is 0 Å². The Morgan fingerprint density at radius 3 is 1.90 bits per heavy atom. The van der Waals surface area contributed by atoms with E-state index in [-0.39, 0.29) is 7.92 Å². The second-order valence-electron chi connectivity index (χ2n) is 3.28. The van der Waals surface area contributed by atoms with Gasteiger partial charge in [-0.2, -0.15) is 0 Å². The fourth-order valence-electron chi connectivity index (χ4n) is 0.856. The van der Waals surface area contributed by atoms with Crippen molar-refractivity contribution < 1.29 is 0 Å². The van der Waals surface area contributed by atoms with Crippen LogP contribution < -0.4 is 0 Å². The van der Waals surface area contributed by atoms with Gasteiger partial charge in [-0.1, -0.05) is 33.4 Å². The minimum atomic E-state index is -0.0607. The molecule has 0 aliphatic heterocycles. The highest BCUT2D eigenvalue weighted by atomic mass is 31.1. The molecule has 0 aliphatic rings. The first-order valence-corrected chi connectivity index (χ1v) is 5.25. The Balaban J connectivity index is 4.17. The van der Waals surface area contributed by atoms with Crippen LogP contribution >= 0.6 is 7.92 Å². The molecule has 0 fully saturated rings. The van der Waals surface area contributed by atoms with Crippen molar-refractivity contribution in [1.82, 2.24) is 0 Å². The van der Waals surface area contributed by atoms with Crippen molar-refractivity contribution in [3.63, 3.8) is 0 Å². The number of rotatable bonds is 1. The van der Waals surface area contributed by atoms with E-state index in [9.17, 15) is 0 Å². The highest BCUT2D eigenvalue weighted by Gasteiger charge is 2.19. The van der Waals surface area contributed by atoms with Gasteiger partial charge in [0.05, 0.1) is 0 Å². The van der Waals surface area contributed by atoms with Crippen LogP contribution in [0.1, 0.15) is 34.6 Å². The monoisotopic (exact) mass is 156 g/mol. The molecule has 0 aromatic rings. The molecule has 1 atom stereocenters. The molecule has 1 unspecified atom stereocenters. The van der Waals surface area contributed by atoms with Gasteiger partial charge in [0.15, 0.2) is 0 Å². The van der Waals surface area contributed by atoms with Crippen LogP contribution in [0.15, 0.2) is 0 Å². The molecule has 0 aromatic heterocycles. The maximum absolute atomic E-state index is 3.29. The highest BCUT2D eigenvalue weighted by molar-refractivity contribution is 7.64. The molecule has 58 valence electrons. The van der Waals surface area contributed by atoms with Crippen LogP contribution in [0.3, 0.4) is 0 Å². The van der Waals surface area contributed by atoms with Gasteiger partial charge in [-0.05, 0) is 26.2 Å². The van der Waals surface area contributed by atoms with Crippen molar-refractivity contribution in [3.05, 3.63) is 0 Å². The Bertz CT molecular complexity index is 142. The molecule has 0 aromatic carbocycles. The van der Waals surface area contributed by atoms with Gasteiger partial charge in [-0.25, -0.2) is 0 Å². The second-order valence-corrected chi connectivity index (χ2v) is 6.33. The molecule has 10 heavy (non-hydrogen) atoms. The Kier molecular flexibility index (Phi) is 3.99. The Morgan fingerprint density at radius 1 is 1.30 bits per heavy atom. The minimum absolute atomic E-state index is 0.0607. The van der Waals surface area contributed by atoms with Crippen molar-refractivity contribution in [2.75, 3.05) is 6.16 Å². The van der Waals surface area contributed by atoms with Crippen LogP contribution in [0.25, 0.3) is 0 Å². The Hall–Kier alpha value is -0.0100. The third-order valence-electron chi connectivity index (χ3n) is 1.37. The summed E-state index contributed by atoms with van der Waals surface area (Å²) in [5, 5.41) is 0.410. The smallest absolute Gasteiger partial charge is 0.00236 e. The zero-order chi connectivity index (χ0) is 8.20.